The Kier molecular flexibility index (Phi) is 5.44. The molecule has 4 aromatic rings. The molecule has 0 aliphatic rings. The van der Waals surface area contributed by atoms with Gasteiger partial charge in [-0.25, -0.2) is 4.79 Å². The first-order valence-electron chi connectivity index (χ1n) is 9.57. The standard InChI is InChI=1S/C25H22O5/c1-16-20-11-9-19(28-3)14-23(20)30-25(26)24(16)21-12-10-18(27-2)13-22(21)29-15-17-7-5-4-6-8-17/h4-14H,15H2,1-3H3. The van der Waals surface area contributed by atoms with Gasteiger partial charge in [-0.1, -0.05) is 30.3 Å². The molecule has 0 amide bonds. The maximum Gasteiger partial charge on any atom is 0.344 e. The number of ether oxygens (including phenoxy) is 3. The quantitative estimate of drug-likeness (QED) is 0.406. The van der Waals surface area contributed by atoms with Crippen molar-refractivity contribution in [2.75, 3.05) is 14.2 Å². The molecule has 0 atom stereocenters. The lowest BCUT2D eigenvalue weighted by Crippen LogP contribution is -2.08. The zero-order valence-corrected chi connectivity index (χ0v) is 17.1. The molecule has 0 saturated heterocycles. The molecule has 0 saturated carbocycles. The van der Waals surface area contributed by atoms with Gasteiger partial charge in [0, 0.05) is 23.1 Å². The summed E-state index contributed by atoms with van der Waals surface area (Å²) in [5.74, 6) is 1.84. The van der Waals surface area contributed by atoms with E-state index < -0.39 is 5.63 Å². The molecule has 0 aliphatic carbocycles. The molecular weight excluding hydrogens is 380 g/mol. The molecule has 4 rings (SSSR count). The number of hydrogen-bond acceptors (Lipinski definition) is 5. The molecular formula is C25H22O5. The molecule has 1 heterocycles. The van der Waals surface area contributed by atoms with Crippen LogP contribution in [0.2, 0.25) is 0 Å². The Morgan fingerprint density at radius 2 is 1.57 bits per heavy atom. The fourth-order valence-electron chi connectivity index (χ4n) is 3.47. The topological polar surface area (TPSA) is 57.9 Å². The van der Waals surface area contributed by atoms with Crippen molar-refractivity contribution in [3.63, 3.8) is 0 Å². The smallest absolute Gasteiger partial charge is 0.344 e. The third-order valence-electron chi connectivity index (χ3n) is 5.07. The van der Waals surface area contributed by atoms with Crippen molar-refractivity contribution in [2.45, 2.75) is 13.5 Å². The van der Waals surface area contributed by atoms with Crippen LogP contribution in [0.25, 0.3) is 22.1 Å². The van der Waals surface area contributed by atoms with E-state index in [4.69, 9.17) is 18.6 Å². The molecule has 0 N–H and O–H groups in total. The van der Waals surface area contributed by atoms with Gasteiger partial charge in [-0.3, -0.25) is 0 Å². The van der Waals surface area contributed by atoms with Gasteiger partial charge in [0.25, 0.3) is 0 Å². The molecule has 0 bridgehead atoms. The van der Waals surface area contributed by atoms with E-state index in [1.54, 1.807) is 26.4 Å². The summed E-state index contributed by atoms with van der Waals surface area (Å²) in [5.41, 5.74) is 3.04. The van der Waals surface area contributed by atoms with Crippen molar-refractivity contribution >= 4 is 11.0 Å². The second kappa shape index (κ2) is 8.33. The summed E-state index contributed by atoms with van der Waals surface area (Å²) in [5, 5.41) is 0.843. The number of rotatable bonds is 6. The minimum atomic E-state index is -0.428. The average molecular weight is 402 g/mol. The fraction of sp³-hybridized carbons (Fsp3) is 0.160. The van der Waals surface area contributed by atoms with Crippen molar-refractivity contribution < 1.29 is 18.6 Å². The van der Waals surface area contributed by atoms with Crippen LogP contribution >= 0.6 is 0 Å². The highest BCUT2D eigenvalue weighted by atomic mass is 16.5. The third kappa shape index (κ3) is 3.74. The van der Waals surface area contributed by atoms with Crippen LogP contribution in [0.5, 0.6) is 17.2 Å². The molecule has 0 fully saturated rings. The predicted octanol–water partition coefficient (Wildman–Crippen LogP) is 5.36. The minimum Gasteiger partial charge on any atom is -0.497 e. The van der Waals surface area contributed by atoms with Gasteiger partial charge in [0.2, 0.25) is 0 Å². The van der Waals surface area contributed by atoms with Gasteiger partial charge in [0.15, 0.2) is 0 Å². The van der Waals surface area contributed by atoms with Crippen LogP contribution in [-0.2, 0) is 6.61 Å². The van der Waals surface area contributed by atoms with E-state index in [2.05, 4.69) is 0 Å². The number of fused-ring (bicyclic) bond motifs is 1. The number of hydrogen-bond donors (Lipinski definition) is 0. The Labute approximate surface area is 174 Å². The zero-order chi connectivity index (χ0) is 21.1. The maximum absolute atomic E-state index is 12.9. The lowest BCUT2D eigenvalue weighted by Gasteiger charge is -2.15. The summed E-state index contributed by atoms with van der Waals surface area (Å²) >= 11 is 0. The number of aryl methyl sites for hydroxylation is 1. The summed E-state index contributed by atoms with van der Waals surface area (Å²) in [7, 11) is 3.17. The Balaban J connectivity index is 1.83. The summed E-state index contributed by atoms with van der Waals surface area (Å²) in [4.78, 5) is 12.9. The van der Waals surface area contributed by atoms with Crippen molar-refractivity contribution in [3.05, 3.63) is 88.3 Å². The molecule has 0 aliphatic heterocycles. The van der Waals surface area contributed by atoms with Gasteiger partial charge in [0.05, 0.1) is 19.8 Å². The van der Waals surface area contributed by atoms with Crippen LogP contribution in [-0.4, -0.2) is 14.2 Å². The second-order valence-corrected chi connectivity index (χ2v) is 6.89. The van der Waals surface area contributed by atoms with E-state index in [-0.39, 0.29) is 0 Å². The Morgan fingerprint density at radius 3 is 2.30 bits per heavy atom. The van der Waals surface area contributed by atoms with Gasteiger partial charge < -0.3 is 18.6 Å². The van der Waals surface area contributed by atoms with Gasteiger partial charge in [-0.15, -0.1) is 0 Å². The summed E-state index contributed by atoms with van der Waals surface area (Å²) in [6, 6.07) is 20.7. The number of methoxy groups -OCH3 is 2. The summed E-state index contributed by atoms with van der Waals surface area (Å²) < 4.78 is 22.3. The summed E-state index contributed by atoms with van der Waals surface area (Å²) in [6.07, 6.45) is 0. The first-order valence-corrected chi connectivity index (χ1v) is 9.57. The van der Waals surface area contributed by atoms with Crippen LogP contribution in [0.3, 0.4) is 0 Å². The van der Waals surface area contributed by atoms with Gasteiger partial charge in [-0.05, 0) is 42.3 Å². The monoisotopic (exact) mass is 402 g/mol. The molecule has 0 unspecified atom stereocenters. The van der Waals surface area contributed by atoms with Crippen LogP contribution in [0.15, 0.2) is 75.9 Å². The molecule has 0 radical (unpaired) electrons. The molecule has 1 aromatic heterocycles. The van der Waals surface area contributed by atoms with Gasteiger partial charge in [0.1, 0.15) is 29.4 Å². The highest BCUT2D eigenvalue weighted by Gasteiger charge is 2.18. The Bertz CT molecular complexity index is 1240. The van der Waals surface area contributed by atoms with Crippen LogP contribution in [0.1, 0.15) is 11.1 Å². The minimum absolute atomic E-state index is 0.371. The highest BCUT2D eigenvalue weighted by molar-refractivity contribution is 5.88. The first-order chi connectivity index (χ1) is 14.6. The average Bonchev–Trinajstić information content (AvgIpc) is 2.78. The van der Waals surface area contributed by atoms with Gasteiger partial charge in [-0.2, -0.15) is 0 Å². The normalized spacial score (nSPS) is 10.8. The maximum atomic E-state index is 12.9. The molecule has 5 nitrogen and oxygen atoms in total. The Hall–Kier alpha value is -3.73. The van der Waals surface area contributed by atoms with E-state index in [1.807, 2.05) is 61.5 Å². The van der Waals surface area contributed by atoms with E-state index in [1.165, 1.54) is 0 Å². The van der Waals surface area contributed by atoms with E-state index in [0.717, 1.165) is 16.5 Å². The fourth-order valence-corrected chi connectivity index (χ4v) is 3.47. The van der Waals surface area contributed by atoms with Crippen molar-refractivity contribution in [3.8, 4) is 28.4 Å². The van der Waals surface area contributed by atoms with E-state index in [9.17, 15) is 4.79 Å². The van der Waals surface area contributed by atoms with Crippen molar-refractivity contribution in [2.24, 2.45) is 0 Å². The van der Waals surface area contributed by atoms with Crippen LogP contribution < -0.4 is 19.8 Å². The lowest BCUT2D eigenvalue weighted by atomic mass is 9.98. The Morgan fingerprint density at radius 1 is 0.867 bits per heavy atom. The van der Waals surface area contributed by atoms with E-state index in [0.29, 0.717) is 40.6 Å². The largest absolute Gasteiger partial charge is 0.497 e. The van der Waals surface area contributed by atoms with Crippen LogP contribution in [0.4, 0.5) is 0 Å². The lowest BCUT2D eigenvalue weighted by molar-refractivity contribution is 0.305. The summed E-state index contributed by atoms with van der Waals surface area (Å²) in [6.45, 7) is 2.28. The van der Waals surface area contributed by atoms with Crippen molar-refractivity contribution in [1.29, 1.82) is 0 Å². The molecule has 30 heavy (non-hydrogen) atoms. The molecule has 5 heteroatoms. The van der Waals surface area contributed by atoms with Crippen molar-refractivity contribution in [1.82, 2.24) is 0 Å². The third-order valence-corrected chi connectivity index (χ3v) is 5.07. The first kappa shape index (κ1) is 19.6. The molecule has 0 spiro atoms. The van der Waals surface area contributed by atoms with Gasteiger partial charge >= 0.3 is 5.63 Å². The van der Waals surface area contributed by atoms with E-state index >= 15 is 0 Å². The van der Waals surface area contributed by atoms with Crippen LogP contribution in [0, 0.1) is 6.92 Å². The molecule has 3 aromatic carbocycles. The highest BCUT2D eigenvalue weighted by Crippen LogP contribution is 2.36. The second-order valence-electron chi connectivity index (χ2n) is 6.89. The predicted molar refractivity (Wildman–Crippen MR) is 117 cm³/mol. The number of benzene rings is 3. The molecule has 152 valence electrons. The zero-order valence-electron chi connectivity index (χ0n) is 17.1. The SMILES string of the molecule is COc1ccc(-c2c(C)c3ccc(OC)cc3oc2=O)c(OCc2ccccc2)c1.